The lowest BCUT2D eigenvalue weighted by molar-refractivity contribution is 0.119. The monoisotopic (exact) mass is 584 g/mol. The number of hydrogen-bond acceptors (Lipinski definition) is 7. The summed E-state index contributed by atoms with van der Waals surface area (Å²) in [5.74, 6) is 3.67. The van der Waals surface area contributed by atoms with Gasteiger partial charge in [-0.15, -0.1) is 0 Å². The van der Waals surface area contributed by atoms with Crippen molar-refractivity contribution in [1.82, 2.24) is 0 Å². The maximum atomic E-state index is 6.88. The number of nitrogens with zero attached hydrogens (tertiary/aromatic N) is 2. The van der Waals surface area contributed by atoms with E-state index in [1.165, 1.54) is 0 Å². The highest BCUT2D eigenvalue weighted by Gasteiger charge is 2.28. The Morgan fingerprint density at radius 1 is 0.707 bits per heavy atom. The zero-order chi connectivity index (χ0) is 28.2. The molecule has 0 aromatic heterocycles. The zero-order valence-corrected chi connectivity index (χ0v) is 23.8. The molecule has 41 heavy (non-hydrogen) atoms. The molecule has 0 radical (unpaired) electrons. The lowest BCUT2D eigenvalue weighted by atomic mass is 10.1. The van der Waals surface area contributed by atoms with Gasteiger partial charge in [0, 0.05) is 11.5 Å². The number of benzene rings is 5. The Kier molecular flexibility index (Phi) is 6.14. The molecule has 5 aromatic rings. The first-order valence-electron chi connectivity index (χ1n) is 12.8. The van der Waals surface area contributed by atoms with Crippen LogP contribution in [0.5, 0.6) is 40.2 Å². The second kappa shape index (κ2) is 9.87. The van der Waals surface area contributed by atoms with E-state index < -0.39 is 0 Å². The van der Waals surface area contributed by atoms with Gasteiger partial charge < -0.3 is 23.7 Å². The summed E-state index contributed by atoms with van der Waals surface area (Å²) in [6, 6.07) is 21.0. The van der Waals surface area contributed by atoms with Crippen molar-refractivity contribution in [1.29, 1.82) is 0 Å². The van der Waals surface area contributed by atoms with Gasteiger partial charge in [-0.1, -0.05) is 53.0 Å². The second-order valence-corrected chi connectivity index (χ2v) is 10.5. The summed E-state index contributed by atoms with van der Waals surface area (Å²) in [6.07, 6.45) is 0. The third-order valence-electron chi connectivity index (χ3n) is 7.00. The molecule has 2 aliphatic rings. The summed E-state index contributed by atoms with van der Waals surface area (Å²) in [4.78, 5) is 9.59. The van der Waals surface area contributed by atoms with Gasteiger partial charge in [-0.25, -0.2) is 9.98 Å². The number of fused-ring (bicyclic) bond motifs is 6. The van der Waals surface area contributed by atoms with Crippen molar-refractivity contribution in [3.05, 3.63) is 98.6 Å². The van der Waals surface area contributed by atoms with Gasteiger partial charge in [0.1, 0.15) is 49.4 Å². The number of halogens is 2. The molecule has 0 N–H and O–H groups in total. The summed E-state index contributed by atoms with van der Waals surface area (Å²) in [5.41, 5.74) is 3.21. The highest BCUT2D eigenvalue weighted by molar-refractivity contribution is 6.35. The van der Waals surface area contributed by atoms with Crippen LogP contribution in [0.4, 0.5) is 11.4 Å². The molecule has 2 heterocycles. The smallest absolute Gasteiger partial charge is 0.230 e. The van der Waals surface area contributed by atoms with E-state index in [1.54, 1.807) is 13.2 Å². The summed E-state index contributed by atoms with van der Waals surface area (Å²) in [6.45, 7) is 3.98. The molecule has 2 aliphatic heterocycles. The third-order valence-corrected chi connectivity index (χ3v) is 7.70. The molecule has 0 bridgehead atoms. The minimum atomic E-state index is 0.0344. The van der Waals surface area contributed by atoms with E-state index >= 15 is 0 Å². The predicted octanol–water partition coefficient (Wildman–Crippen LogP) is 8.30. The molecule has 0 saturated carbocycles. The van der Waals surface area contributed by atoms with Crippen LogP contribution in [0.25, 0.3) is 10.8 Å². The largest absolute Gasteiger partial charge is 0.497 e. The van der Waals surface area contributed by atoms with E-state index in [0.717, 1.165) is 27.6 Å². The van der Waals surface area contributed by atoms with E-state index in [9.17, 15) is 0 Å². The van der Waals surface area contributed by atoms with Gasteiger partial charge in [0.25, 0.3) is 0 Å². The molecular weight excluding hydrogens is 563 g/mol. The van der Waals surface area contributed by atoms with Gasteiger partial charge >= 0.3 is 0 Å². The van der Waals surface area contributed by atoms with Crippen LogP contribution in [0.3, 0.4) is 0 Å². The van der Waals surface area contributed by atoms with Crippen LogP contribution in [-0.2, 0) is 0 Å². The topological polar surface area (TPSA) is 70.9 Å². The Bertz CT molecular complexity index is 2010. The van der Waals surface area contributed by atoms with Crippen molar-refractivity contribution in [3.63, 3.8) is 0 Å². The molecule has 9 heteroatoms. The van der Waals surface area contributed by atoms with Crippen molar-refractivity contribution in [3.8, 4) is 40.2 Å². The molecule has 0 amide bonds. The highest BCUT2D eigenvalue weighted by Crippen LogP contribution is 2.46. The van der Waals surface area contributed by atoms with Gasteiger partial charge in [-0.2, -0.15) is 0 Å². The maximum Gasteiger partial charge on any atom is 0.230 e. The van der Waals surface area contributed by atoms with Crippen LogP contribution in [0.1, 0.15) is 11.1 Å². The Morgan fingerprint density at radius 3 is 2.15 bits per heavy atom. The number of ether oxygens (including phenoxy) is 5. The molecule has 0 unspecified atom stereocenters. The van der Waals surface area contributed by atoms with Gasteiger partial charge in [0.05, 0.1) is 7.11 Å². The molecule has 0 saturated heterocycles. The number of methoxy groups -OCH3 is 1. The maximum absolute atomic E-state index is 6.88. The average molecular weight is 585 g/mol. The molecule has 7 rings (SSSR count). The van der Waals surface area contributed by atoms with Gasteiger partial charge in [0.2, 0.25) is 6.79 Å². The first-order chi connectivity index (χ1) is 19.9. The van der Waals surface area contributed by atoms with Crippen molar-refractivity contribution < 1.29 is 23.7 Å². The van der Waals surface area contributed by atoms with Gasteiger partial charge in [0.15, 0.2) is 23.0 Å². The fourth-order valence-electron chi connectivity index (χ4n) is 4.82. The molecule has 0 spiro atoms. The summed E-state index contributed by atoms with van der Waals surface area (Å²) < 4.78 is 29.7. The fraction of sp³-hybridized carbons (Fsp3) is 0.125. The lowest BCUT2D eigenvalue weighted by Crippen LogP contribution is -2.22. The first-order valence-corrected chi connectivity index (χ1v) is 13.6. The van der Waals surface area contributed by atoms with E-state index in [2.05, 4.69) is 0 Å². The lowest BCUT2D eigenvalue weighted by Gasteiger charge is -2.22. The highest BCUT2D eigenvalue weighted by atomic mass is 35.5. The van der Waals surface area contributed by atoms with Gasteiger partial charge in [-0.05, 0) is 61.2 Å². The van der Waals surface area contributed by atoms with E-state index in [4.69, 9.17) is 56.9 Å². The minimum Gasteiger partial charge on any atom is -0.497 e. The van der Waals surface area contributed by atoms with Crippen LogP contribution in [0, 0.1) is 13.8 Å². The van der Waals surface area contributed by atoms with Crippen molar-refractivity contribution in [2.75, 3.05) is 13.9 Å². The van der Waals surface area contributed by atoms with Crippen LogP contribution in [0.2, 0.25) is 10.0 Å². The van der Waals surface area contributed by atoms with Crippen LogP contribution >= 0.6 is 23.2 Å². The Balaban J connectivity index is 1.26. The number of rotatable bonds is 5. The van der Waals surface area contributed by atoms with Crippen molar-refractivity contribution >= 4 is 45.3 Å². The average Bonchev–Trinajstić information content (AvgIpc) is 2.99. The van der Waals surface area contributed by atoms with E-state index in [0.29, 0.717) is 56.6 Å². The molecule has 5 aromatic carbocycles. The van der Waals surface area contributed by atoms with Crippen LogP contribution in [0.15, 0.2) is 76.7 Å². The van der Waals surface area contributed by atoms with Gasteiger partial charge in [-0.3, -0.25) is 0 Å². The summed E-state index contributed by atoms with van der Waals surface area (Å²) in [7, 11) is 1.62. The van der Waals surface area contributed by atoms with Crippen molar-refractivity contribution in [2.24, 2.45) is 9.98 Å². The normalized spacial score (nSPS) is 12.4. The van der Waals surface area contributed by atoms with Crippen LogP contribution in [-0.4, -0.2) is 13.9 Å². The SMILES string of the molecule is COc1ccc2ccc3c(c2c1)Oc1c(Cl)c2c(c(Cl)c1=N3)Oc1cc(OCOc3ccc(C)cc3)c(C)cc1N=2. The van der Waals surface area contributed by atoms with E-state index in [-0.39, 0.29) is 16.8 Å². The molecule has 0 aliphatic carbocycles. The Hall–Kier alpha value is -4.46. The fourth-order valence-corrected chi connectivity index (χ4v) is 5.33. The number of hydrogen-bond donors (Lipinski definition) is 0. The van der Waals surface area contributed by atoms with E-state index in [1.807, 2.05) is 74.5 Å². The molecule has 7 nitrogen and oxygen atoms in total. The number of aryl methyl sites for hydroxylation is 2. The third kappa shape index (κ3) is 4.38. The first kappa shape index (κ1) is 25.5. The summed E-state index contributed by atoms with van der Waals surface area (Å²) in [5, 5.41) is 3.06. The predicted molar refractivity (Wildman–Crippen MR) is 157 cm³/mol. The Morgan fingerprint density at radius 2 is 1.39 bits per heavy atom. The van der Waals surface area contributed by atoms with Crippen molar-refractivity contribution in [2.45, 2.75) is 13.8 Å². The molecule has 0 fully saturated rings. The minimum absolute atomic E-state index is 0.0344. The molecule has 204 valence electrons. The standard InChI is InChI=1S/C32H22Cl2N2O5/c1-16-4-8-19(9-5-16)38-15-39-24-14-25-23(12-17(24)2)36-28-27(34)32-29(26(33)31(28)40-25)35-22-11-7-18-6-10-20(37-3)13-21(18)30(22)41-32/h4-14H,15H2,1-3H3. The second-order valence-electron chi connectivity index (χ2n) is 9.72. The zero-order valence-electron chi connectivity index (χ0n) is 22.2. The Labute approximate surface area is 245 Å². The quantitative estimate of drug-likeness (QED) is 0.190. The molecule has 0 atom stereocenters. The van der Waals surface area contributed by atoms with Crippen LogP contribution < -0.4 is 34.4 Å². The summed E-state index contributed by atoms with van der Waals surface area (Å²) >= 11 is 13.7. The molecular formula is C32H22Cl2N2O5.